The van der Waals surface area contributed by atoms with Crippen LogP contribution in [0.5, 0.6) is 0 Å². The smallest absolute Gasteiger partial charge is 0.338 e. The van der Waals surface area contributed by atoms with Gasteiger partial charge < -0.3 is 4.74 Å². The van der Waals surface area contributed by atoms with E-state index in [-0.39, 0.29) is 5.97 Å². The molecule has 1 saturated carbocycles. The zero-order valence-corrected chi connectivity index (χ0v) is 12.8. The van der Waals surface area contributed by atoms with Crippen LogP contribution in [0.15, 0.2) is 54.6 Å². The van der Waals surface area contributed by atoms with Crippen LogP contribution in [0.1, 0.15) is 59.5 Å². The summed E-state index contributed by atoms with van der Waals surface area (Å²) < 4.78 is 5.36. The molecule has 1 aliphatic carbocycles. The fraction of sp³-hybridized carbons (Fsp3) is 0.350. The van der Waals surface area contributed by atoms with Crippen LogP contribution in [-0.4, -0.2) is 5.97 Å². The Balaban J connectivity index is 1.56. The first-order chi connectivity index (χ1) is 10.8. The van der Waals surface area contributed by atoms with Crippen LogP contribution in [-0.2, 0) is 11.3 Å². The van der Waals surface area contributed by atoms with Crippen molar-refractivity contribution >= 4 is 5.97 Å². The zero-order chi connectivity index (χ0) is 15.2. The highest BCUT2D eigenvalue weighted by atomic mass is 16.5. The summed E-state index contributed by atoms with van der Waals surface area (Å²) in [5.41, 5.74) is 3.07. The summed E-state index contributed by atoms with van der Waals surface area (Å²) in [6.07, 6.45) is 6.69. The van der Waals surface area contributed by atoms with Crippen LogP contribution in [0, 0.1) is 0 Å². The van der Waals surface area contributed by atoms with E-state index in [0.717, 1.165) is 11.5 Å². The first-order valence-electron chi connectivity index (χ1n) is 8.14. The van der Waals surface area contributed by atoms with Crippen LogP contribution in [0.3, 0.4) is 0 Å². The van der Waals surface area contributed by atoms with Gasteiger partial charge in [0.15, 0.2) is 0 Å². The molecule has 1 aliphatic rings. The van der Waals surface area contributed by atoms with Crippen LogP contribution in [0.2, 0.25) is 0 Å². The topological polar surface area (TPSA) is 26.3 Å². The van der Waals surface area contributed by atoms with Crippen molar-refractivity contribution in [1.82, 2.24) is 0 Å². The third kappa shape index (κ3) is 3.76. The Morgan fingerprint density at radius 3 is 2.27 bits per heavy atom. The minimum atomic E-state index is -0.267. The molecule has 0 unspecified atom stereocenters. The molecule has 2 nitrogen and oxygen atoms in total. The van der Waals surface area contributed by atoms with Gasteiger partial charge in [0.25, 0.3) is 0 Å². The maximum atomic E-state index is 11.9. The molecule has 0 radical (unpaired) electrons. The number of ether oxygens (including phenoxy) is 1. The molecule has 0 saturated heterocycles. The first kappa shape index (κ1) is 14.8. The van der Waals surface area contributed by atoms with E-state index in [9.17, 15) is 4.79 Å². The molecule has 0 atom stereocenters. The minimum Gasteiger partial charge on any atom is -0.457 e. The molecule has 0 heterocycles. The highest BCUT2D eigenvalue weighted by molar-refractivity contribution is 5.89. The number of carbonyl (C=O) groups excluding carboxylic acids is 1. The van der Waals surface area contributed by atoms with Crippen LogP contribution >= 0.6 is 0 Å². The van der Waals surface area contributed by atoms with Crippen molar-refractivity contribution in [3.63, 3.8) is 0 Å². The van der Waals surface area contributed by atoms with E-state index in [1.165, 1.54) is 37.7 Å². The Kier molecular flexibility index (Phi) is 4.89. The largest absolute Gasteiger partial charge is 0.457 e. The van der Waals surface area contributed by atoms with E-state index in [2.05, 4.69) is 24.3 Å². The van der Waals surface area contributed by atoms with E-state index < -0.39 is 0 Å². The Bertz CT molecular complexity index is 595. The third-order valence-electron chi connectivity index (χ3n) is 4.44. The molecule has 2 aromatic rings. The lowest BCUT2D eigenvalue weighted by Crippen LogP contribution is -2.06. The lowest BCUT2D eigenvalue weighted by atomic mass is 9.84. The van der Waals surface area contributed by atoms with Crippen LogP contribution < -0.4 is 0 Å². The predicted molar refractivity (Wildman–Crippen MR) is 87.8 cm³/mol. The molecule has 0 amide bonds. The Morgan fingerprint density at radius 2 is 1.59 bits per heavy atom. The van der Waals surface area contributed by atoms with E-state index in [1.54, 1.807) is 12.1 Å². The highest BCUT2D eigenvalue weighted by Crippen LogP contribution is 2.32. The van der Waals surface area contributed by atoms with Crippen molar-refractivity contribution < 1.29 is 9.53 Å². The number of carbonyl (C=O) groups is 1. The predicted octanol–water partition coefficient (Wildman–Crippen LogP) is 5.09. The van der Waals surface area contributed by atoms with E-state index >= 15 is 0 Å². The standard InChI is InChI=1S/C20H22O2/c21-20(19-9-5-2-6-10-19)22-15-16-11-13-18(14-12-16)17-7-3-1-4-8-17/h2,5-6,9-14,17H,1,3-4,7-8,15H2. The van der Waals surface area contributed by atoms with E-state index in [4.69, 9.17) is 4.74 Å². The first-order valence-corrected chi connectivity index (χ1v) is 8.14. The van der Waals surface area contributed by atoms with Crippen molar-refractivity contribution in [2.75, 3.05) is 0 Å². The van der Waals surface area contributed by atoms with Gasteiger partial charge in [-0.2, -0.15) is 0 Å². The molecule has 2 heteroatoms. The quantitative estimate of drug-likeness (QED) is 0.734. The summed E-state index contributed by atoms with van der Waals surface area (Å²) in [7, 11) is 0. The Labute approximate surface area is 132 Å². The van der Waals surface area contributed by atoms with Gasteiger partial charge in [-0.1, -0.05) is 61.7 Å². The summed E-state index contributed by atoms with van der Waals surface area (Å²) >= 11 is 0. The van der Waals surface area contributed by atoms with Gasteiger partial charge in [-0.25, -0.2) is 4.79 Å². The molecule has 0 aliphatic heterocycles. The number of rotatable bonds is 4. The molecule has 3 rings (SSSR count). The normalized spacial score (nSPS) is 15.5. The SMILES string of the molecule is O=C(OCc1ccc(C2CCCCC2)cc1)c1ccccc1. The second kappa shape index (κ2) is 7.26. The van der Waals surface area contributed by atoms with Crippen molar-refractivity contribution in [2.45, 2.75) is 44.6 Å². The van der Waals surface area contributed by atoms with Gasteiger partial charge >= 0.3 is 5.97 Å². The second-order valence-electron chi connectivity index (χ2n) is 6.02. The Morgan fingerprint density at radius 1 is 0.909 bits per heavy atom. The fourth-order valence-electron chi connectivity index (χ4n) is 3.13. The molecule has 0 N–H and O–H groups in total. The van der Waals surface area contributed by atoms with E-state index in [0.29, 0.717) is 12.2 Å². The molecule has 2 aromatic carbocycles. The third-order valence-corrected chi connectivity index (χ3v) is 4.44. The Hall–Kier alpha value is -2.09. The van der Waals surface area contributed by atoms with E-state index in [1.807, 2.05) is 18.2 Å². The zero-order valence-electron chi connectivity index (χ0n) is 12.8. The van der Waals surface area contributed by atoms with Gasteiger partial charge in [0, 0.05) is 0 Å². The summed E-state index contributed by atoms with van der Waals surface area (Å²) in [5, 5.41) is 0. The molecule has 114 valence electrons. The summed E-state index contributed by atoms with van der Waals surface area (Å²) in [6.45, 7) is 0.332. The summed E-state index contributed by atoms with van der Waals surface area (Å²) in [5.74, 6) is 0.451. The van der Waals surface area contributed by atoms with Gasteiger partial charge in [0.1, 0.15) is 6.61 Å². The highest BCUT2D eigenvalue weighted by Gasteiger charge is 2.15. The number of hydrogen-bond donors (Lipinski definition) is 0. The number of esters is 1. The number of hydrogen-bond acceptors (Lipinski definition) is 2. The maximum absolute atomic E-state index is 11.9. The van der Waals surface area contributed by atoms with Crippen molar-refractivity contribution in [3.8, 4) is 0 Å². The van der Waals surface area contributed by atoms with Gasteiger partial charge in [0.05, 0.1) is 5.56 Å². The lowest BCUT2D eigenvalue weighted by Gasteiger charge is -2.22. The molecule has 22 heavy (non-hydrogen) atoms. The average molecular weight is 294 g/mol. The maximum Gasteiger partial charge on any atom is 0.338 e. The minimum absolute atomic E-state index is 0.267. The van der Waals surface area contributed by atoms with Crippen molar-refractivity contribution in [3.05, 3.63) is 71.3 Å². The monoisotopic (exact) mass is 294 g/mol. The summed E-state index contributed by atoms with van der Waals surface area (Å²) in [6, 6.07) is 17.7. The lowest BCUT2D eigenvalue weighted by molar-refractivity contribution is 0.0472. The second-order valence-corrected chi connectivity index (χ2v) is 6.02. The summed E-state index contributed by atoms with van der Waals surface area (Å²) in [4.78, 5) is 11.9. The van der Waals surface area contributed by atoms with Crippen molar-refractivity contribution in [2.24, 2.45) is 0 Å². The molecular formula is C20H22O2. The van der Waals surface area contributed by atoms with Crippen LogP contribution in [0.4, 0.5) is 0 Å². The molecule has 1 fully saturated rings. The molecule has 0 spiro atoms. The molecule has 0 aromatic heterocycles. The number of benzene rings is 2. The van der Waals surface area contributed by atoms with Crippen molar-refractivity contribution in [1.29, 1.82) is 0 Å². The van der Waals surface area contributed by atoms with Gasteiger partial charge in [-0.15, -0.1) is 0 Å². The average Bonchev–Trinajstić information content (AvgIpc) is 2.61. The van der Waals surface area contributed by atoms with Gasteiger partial charge in [0.2, 0.25) is 0 Å². The van der Waals surface area contributed by atoms with Gasteiger partial charge in [-0.05, 0) is 42.0 Å². The van der Waals surface area contributed by atoms with Crippen LogP contribution in [0.25, 0.3) is 0 Å². The van der Waals surface area contributed by atoms with Gasteiger partial charge in [-0.3, -0.25) is 0 Å². The fourth-order valence-corrected chi connectivity index (χ4v) is 3.13. The molecule has 0 bridgehead atoms. The molecular weight excluding hydrogens is 272 g/mol.